The largest absolute Gasteiger partial charge is 0.480 e. The molecule has 1 fully saturated rings. The molecule has 0 spiro atoms. The van der Waals surface area contributed by atoms with Crippen molar-refractivity contribution in [1.82, 2.24) is 10.2 Å². The van der Waals surface area contributed by atoms with Crippen LogP contribution in [-0.4, -0.2) is 58.4 Å². The van der Waals surface area contributed by atoms with Crippen molar-refractivity contribution < 1.29 is 33.8 Å². The van der Waals surface area contributed by atoms with E-state index in [2.05, 4.69) is 17.4 Å². The average Bonchev–Trinajstić information content (AvgIpc) is 3.57. The van der Waals surface area contributed by atoms with Gasteiger partial charge in [-0.05, 0) is 34.4 Å². The minimum Gasteiger partial charge on any atom is -0.480 e. The zero-order valence-corrected chi connectivity index (χ0v) is 18.7. The Morgan fingerprint density at radius 2 is 1.66 bits per heavy atom. The number of fused-ring (bicyclic) bond motifs is 3. The Morgan fingerprint density at radius 1 is 1.00 bits per heavy atom. The fraction of sp³-hybridized carbons (Fsp3) is 0.269. The third-order valence-electron chi connectivity index (χ3n) is 6.45. The maximum absolute atomic E-state index is 12.7. The zero-order chi connectivity index (χ0) is 24.5. The lowest BCUT2D eigenvalue weighted by Crippen LogP contribution is -2.40. The van der Waals surface area contributed by atoms with Crippen LogP contribution >= 0.6 is 0 Å². The maximum atomic E-state index is 12.7. The molecular formula is C26H24N2O7. The minimum atomic E-state index is -1.18. The van der Waals surface area contributed by atoms with Gasteiger partial charge in [0.2, 0.25) is 0 Å². The number of nitrogens with zero attached hydrogens (tertiary/aromatic N) is 1. The predicted molar refractivity (Wildman–Crippen MR) is 124 cm³/mol. The number of carboxylic acids is 1. The number of aliphatic hydroxyl groups excluding tert-OH is 1. The molecule has 1 unspecified atom stereocenters. The van der Waals surface area contributed by atoms with Crippen molar-refractivity contribution in [2.75, 3.05) is 13.2 Å². The van der Waals surface area contributed by atoms with Crippen molar-refractivity contribution in [3.8, 4) is 11.1 Å². The van der Waals surface area contributed by atoms with E-state index in [4.69, 9.17) is 9.15 Å². The van der Waals surface area contributed by atoms with Crippen LogP contribution in [0, 0.1) is 0 Å². The molecule has 9 heteroatoms. The summed E-state index contributed by atoms with van der Waals surface area (Å²) in [6, 6.07) is 17.9. The summed E-state index contributed by atoms with van der Waals surface area (Å²) in [7, 11) is 0. The Hall–Kier alpha value is -4.11. The van der Waals surface area contributed by atoms with Gasteiger partial charge in [0.25, 0.3) is 5.91 Å². The summed E-state index contributed by atoms with van der Waals surface area (Å²) in [5.41, 5.74) is 4.51. The van der Waals surface area contributed by atoms with Crippen LogP contribution in [0.4, 0.5) is 4.79 Å². The quantitative estimate of drug-likeness (QED) is 0.499. The highest BCUT2D eigenvalue weighted by atomic mass is 16.5. The lowest BCUT2D eigenvalue weighted by Gasteiger charge is -2.19. The number of hydrogen-bond donors (Lipinski definition) is 3. The summed E-state index contributed by atoms with van der Waals surface area (Å²) in [6.07, 6.45) is -1.55. The number of aliphatic hydroxyl groups is 1. The van der Waals surface area contributed by atoms with Gasteiger partial charge in [-0.1, -0.05) is 48.5 Å². The molecule has 0 saturated carbocycles. The highest BCUT2D eigenvalue weighted by Crippen LogP contribution is 2.44. The third kappa shape index (κ3) is 4.38. The molecule has 2 aliphatic rings. The minimum absolute atomic E-state index is 0.00502. The second kappa shape index (κ2) is 9.27. The molecular weight excluding hydrogens is 452 g/mol. The Bertz CT molecular complexity index is 1240. The van der Waals surface area contributed by atoms with Crippen molar-refractivity contribution in [3.63, 3.8) is 0 Å². The van der Waals surface area contributed by atoms with Crippen LogP contribution in [0.25, 0.3) is 11.1 Å². The maximum Gasteiger partial charge on any atom is 0.407 e. The number of hydrogen-bond acceptors (Lipinski definition) is 6. The number of aliphatic carboxylic acids is 1. The summed E-state index contributed by atoms with van der Waals surface area (Å²) < 4.78 is 11.0. The Labute approximate surface area is 200 Å². The summed E-state index contributed by atoms with van der Waals surface area (Å²) in [5, 5.41) is 21.7. The van der Waals surface area contributed by atoms with E-state index in [9.17, 15) is 24.6 Å². The summed E-state index contributed by atoms with van der Waals surface area (Å²) in [6.45, 7) is 0.0917. The van der Waals surface area contributed by atoms with Crippen molar-refractivity contribution in [3.05, 3.63) is 83.3 Å². The van der Waals surface area contributed by atoms with E-state index >= 15 is 0 Å². The first kappa shape index (κ1) is 22.7. The number of carbonyl (C=O) groups is 3. The van der Waals surface area contributed by atoms with Gasteiger partial charge in [-0.3, -0.25) is 4.79 Å². The molecule has 1 saturated heterocycles. The highest BCUT2D eigenvalue weighted by molar-refractivity contribution is 5.94. The number of β-amino-alcohol motifs (C(OH)–C–C–N with tert-alkyl or cyclic N) is 1. The van der Waals surface area contributed by atoms with Crippen LogP contribution in [-0.2, 0) is 16.1 Å². The van der Waals surface area contributed by atoms with E-state index in [-0.39, 0.29) is 37.8 Å². The number of benzene rings is 2. The van der Waals surface area contributed by atoms with Gasteiger partial charge in [-0.15, -0.1) is 0 Å². The van der Waals surface area contributed by atoms with Crippen molar-refractivity contribution >= 4 is 18.0 Å². The molecule has 5 rings (SSSR count). The first-order valence-electron chi connectivity index (χ1n) is 11.3. The standard InChI is InChI=1S/C26H24N2O7/c29-15-11-22(25(31)32)28(13-15)24(30)23-10-9-16(35-23)12-27-26(33)34-14-21-19-7-3-1-5-17(19)18-6-2-4-8-20(18)21/h1-10,15,21-22,29H,11-14H2,(H,27,33)(H,31,32)/t15?,22-/m0/s1. The highest BCUT2D eigenvalue weighted by Gasteiger charge is 2.40. The normalized spacial score (nSPS) is 18.7. The van der Waals surface area contributed by atoms with E-state index in [1.807, 2.05) is 36.4 Å². The second-order valence-corrected chi connectivity index (χ2v) is 8.65. The molecule has 2 heterocycles. The third-order valence-corrected chi connectivity index (χ3v) is 6.45. The van der Waals surface area contributed by atoms with Crippen molar-refractivity contribution in [2.45, 2.75) is 31.0 Å². The van der Waals surface area contributed by atoms with E-state index in [1.54, 1.807) is 0 Å². The van der Waals surface area contributed by atoms with Crippen LogP contribution in [0.1, 0.15) is 39.8 Å². The summed E-state index contributed by atoms with van der Waals surface area (Å²) in [4.78, 5) is 37.5. The van der Waals surface area contributed by atoms with Crippen LogP contribution in [0.2, 0.25) is 0 Å². The number of amides is 2. The number of nitrogens with one attached hydrogen (secondary N) is 1. The molecule has 2 atom stereocenters. The SMILES string of the molecule is O=C(NCc1ccc(C(=O)N2CC(O)C[C@H]2C(=O)O)o1)OCC1c2ccccc2-c2ccccc21. The number of likely N-dealkylation sites (tertiary alicyclic amines) is 1. The Morgan fingerprint density at radius 3 is 2.31 bits per heavy atom. The van der Waals surface area contributed by atoms with Gasteiger partial charge >= 0.3 is 12.1 Å². The first-order valence-corrected chi connectivity index (χ1v) is 11.3. The van der Waals surface area contributed by atoms with E-state index in [0.717, 1.165) is 27.2 Å². The van der Waals surface area contributed by atoms with E-state index in [0.29, 0.717) is 5.76 Å². The fourth-order valence-corrected chi connectivity index (χ4v) is 4.81. The average molecular weight is 476 g/mol. The molecule has 3 aromatic rings. The number of alkyl carbamates (subject to hydrolysis) is 1. The molecule has 0 radical (unpaired) electrons. The Kier molecular flexibility index (Phi) is 6.00. The van der Waals surface area contributed by atoms with Crippen molar-refractivity contribution in [1.29, 1.82) is 0 Å². The molecule has 9 nitrogen and oxygen atoms in total. The van der Waals surface area contributed by atoms with Crippen molar-refractivity contribution in [2.24, 2.45) is 0 Å². The molecule has 2 aromatic carbocycles. The lowest BCUT2D eigenvalue weighted by molar-refractivity contribution is -0.141. The van der Waals surface area contributed by atoms with E-state index in [1.165, 1.54) is 12.1 Å². The van der Waals surface area contributed by atoms with Crippen LogP contribution in [0.15, 0.2) is 65.1 Å². The molecule has 2 amide bonds. The molecule has 0 bridgehead atoms. The molecule has 35 heavy (non-hydrogen) atoms. The molecule has 3 N–H and O–H groups in total. The Balaban J connectivity index is 1.17. The van der Waals surface area contributed by atoms with Gasteiger partial charge in [0, 0.05) is 18.9 Å². The zero-order valence-electron chi connectivity index (χ0n) is 18.7. The fourth-order valence-electron chi connectivity index (χ4n) is 4.81. The van der Waals surface area contributed by atoms with Gasteiger partial charge in [0.1, 0.15) is 18.4 Å². The summed E-state index contributed by atoms with van der Waals surface area (Å²) >= 11 is 0. The number of carboxylic acid groups (broad SMARTS) is 1. The lowest BCUT2D eigenvalue weighted by atomic mass is 9.98. The predicted octanol–water partition coefficient (Wildman–Crippen LogP) is 2.98. The molecule has 1 aromatic heterocycles. The van der Waals surface area contributed by atoms with E-state index < -0.39 is 30.1 Å². The number of rotatable bonds is 6. The van der Waals surface area contributed by atoms with Crippen LogP contribution in [0.3, 0.4) is 0 Å². The molecule has 1 aliphatic carbocycles. The first-order chi connectivity index (χ1) is 16.9. The van der Waals surface area contributed by atoms with Gasteiger partial charge in [-0.25, -0.2) is 9.59 Å². The molecule has 1 aliphatic heterocycles. The number of carbonyl (C=O) groups excluding carboxylic acids is 2. The number of furan rings is 1. The van der Waals surface area contributed by atoms with Crippen LogP contribution < -0.4 is 5.32 Å². The van der Waals surface area contributed by atoms with Gasteiger partial charge in [-0.2, -0.15) is 0 Å². The van der Waals surface area contributed by atoms with Crippen LogP contribution in [0.5, 0.6) is 0 Å². The van der Waals surface area contributed by atoms with Gasteiger partial charge in [0.05, 0.1) is 12.6 Å². The second-order valence-electron chi connectivity index (χ2n) is 8.65. The topological polar surface area (TPSA) is 129 Å². The summed E-state index contributed by atoms with van der Waals surface area (Å²) in [5.74, 6) is -1.61. The monoisotopic (exact) mass is 476 g/mol. The molecule has 180 valence electrons. The van der Waals surface area contributed by atoms with Gasteiger partial charge in [0.15, 0.2) is 5.76 Å². The smallest absolute Gasteiger partial charge is 0.407 e. The van der Waals surface area contributed by atoms with Gasteiger partial charge < -0.3 is 29.6 Å². The number of ether oxygens (including phenoxy) is 1.